The molecule has 0 saturated carbocycles. The first kappa shape index (κ1) is 14.8. The highest BCUT2D eigenvalue weighted by atomic mass is 32.1. The summed E-state index contributed by atoms with van der Waals surface area (Å²) >= 11 is 1.46. The van der Waals surface area contributed by atoms with Crippen LogP contribution in [0.1, 0.15) is 18.9 Å². The van der Waals surface area contributed by atoms with Crippen LogP contribution in [0, 0.1) is 5.92 Å². The van der Waals surface area contributed by atoms with Crippen LogP contribution in [0.3, 0.4) is 0 Å². The van der Waals surface area contributed by atoms with Gasteiger partial charge in [-0.25, -0.2) is 9.78 Å². The van der Waals surface area contributed by atoms with Crippen LogP contribution >= 0.6 is 11.3 Å². The first-order valence-corrected chi connectivity index (χ1v) is 8.13. The Hall–Kier alpha value is -2.15. The van der Waals surface area contributed by atoms with E-state index in [4.69, 9.17) is 5.73 Å². The average molecular weight is 318 g/mol. The highest BCUT2D eigenvalue weighted by Gasteiger charge is 2.29. The van der Waals surface area contributed by atoms with Crippen molar-refractivity contribution in [2.75, 3.05) is 18.4 Å². The summed E-state index contributed by atoms with van der Waals surface area (Å²) in [5, 5.41) is 3.39. The fourth-order valence-electron chi connectivity index (χ4n) is 2.59. The van der Waals surface area contributed by atoms with Gasteiger partial charge in [0, 0.05) is 13.1 Å². The molecule has 3 amide bonds. The molecule has 1 aromatic heterocycles. The van der Waals surface area contributed by atoms with E-state index in [0.29, 0.717) is 24.6 Å². The molecule has 22 heavy (non-hydrogen) atoms. The van der Waals surface area contributed by atoms with Crippen molar-refractivity contribution in [2.45, 2.75) is 19.8 Å². The quantitative estimate of drug-likeness (QED) is 0.909. The number of aryl methyl sites for hydroxylation is 1. The van der Waals surface area contributed by atoms with Crippen molar-refractivity contribution < 1.29 is 9.59 Å². The van der Waals surface area contributed by atoms with Gasteiger partial charge in [-0.1, -0.05) is 24.3 Å². The van der Waals surface area contributed by atoms with E-state index >= 15 is 0 Å². The molecule has 2 aromatic rings. The zero-order valence-electron chi connectivity index (χ0n) is 12.3. The predicted octanol–water partition coefficient (Wildman–Crippen LogP) is 2.20. The van der Waals surface area contributed by atoms with Crippen LogP contribution in [0.2, 0.25) is 0 Å². The van der Waals surface area contributed by atoms with Gasteiger partial charge in [0.2, 0.25) is 5.91 Å². The van der Waals surface area contributed by atoms with E-state index in [9.17, 15) is 9.59 Å². The summed E-state index contributed by atoms with van der Waals surface area (Å²) in [6.07, 6.45) is 1.60. The van der Waals surface area contributed by atoms with Gasteiger partial charge >= 0.3 is 6.03 Å². The van der Waals surface area contributed by atoms with Gasteiger partial charge in [0.25, 0.3) is 0 Å². The zero-order chi connectivity index (χ0) is 15.7. The number of urea groups is 1. The maximum atomic E-state index is 12.2. The summed E-state index contributed by atoms with van der Waals surface area (Å²) in [6, 6.07) is 5.89. The summed E-state index contributed by atoms with van der Waals surface area (Å²) in [5.41, 5.74) is 7.41. The summed E-state index contributed by atoms with van der Waals surface area (Å²) in [4.78, 5) is 29.4. The van der Waals surface area contributed by atoms with E-state index in [2.05, 4.69) is 23.3 Å². The van der Waals surface area contributed by atoms with E-state index in [1.807, 2.05) is 12.1 Å². The van der Waals surface area contributed by atoms with Gasteiger partial charge < -0.3 is 10.6 Å². The van der Waals surface area contributed by atoms with Crippen molar-refractivity contribution in [1.29, 1.82) is 0 Å². The molecule has 0 aliphatic carbocycles. The van der Waals surface area contributed by atoms with Gasteiger partial charge in [0.05, 0.1) is 16.1 Å². The number of amides is 3. The number of anilines is 1. The Morgan fingerprint density at radius 3 is 3.00 bits per heavy atom. The second kappa shape index (κ2) is 5.92. The molecule has 1 atom stereocenters. The Kier molecular flexibility index (Phi) is 3.98. The molecule has 7 heteroatoms. The first-order valence-electron chi connectivity index (χ1n) is 7.31. The van der Waals surface area contributed by atoms with E-state index in [1.165, 1.54) is 16.9 Å². The molecule has 1 aromatic carbocycles. The lowest BCUT2D eigenvalue weighted by atomic mass is 10.1. The van der Waals surface area contributed by atoms with Crippen LogP contribution in [0.25, 0.3) is 10.2 Å². The second-order valence-electron chi connectivity index (χ2n) is 5.44. The summed E-state index contributed by atoms with van der Waals surface area (Å²) in [7, 11) is 0. The minimum Gasteiger partial charge on any atom is -0.369 e. The molecule has 3 rings (SSSR count). The topological polar surface area (TPSA) is 88.3 Å². The molecule has 0 unspecified atom stereocenters. The molecular formula is C15H18N4O2S. The van der Waals surface area contributed by atoms with Crippen molar-refractivity contribution >= 4 is 38.6 Å². The van der Waals surface area contributed by atoms with E-state index in [1.54, 1.807) is 4.90 Å². The van der Waals surface area contributed by atoms with Gasteiger partial charge in [-0.3, -0.25) is 10.1 Å². The predicted molar refractivity (Wildman–Crippen MR) is 86.9 cm³/mol. The fourth-order valence-corrected chi connectivity index (χ4v) is 3.51. The maximum absolute atomic E-state index is 12.2. The summed E-state index contributed by atoms with van der Waals surface area (Å²) < 4.78 is 1.06. The highest BCUT2D eigenvalue weighted by Crippen LogP contribution is 2.27. The number of carbonyl (C=O) groups excluding carboxylic acids is 2. The number of rotatable bonds is 3. The Balaban J connectivity index is 1.70. The second-order valence-corrected chi connectivity index (χ2v) is 6.47. The SMILES string of the molecule is CCc1ccc2nc(NC(=O)N3CC[C@H](C(N)=O)C3)sc2c1. The van der Waals surface area contributed by atoms with Crippen molar-refractivity contribution in [1.82, 2.24) is 9.88 Å². The molecular weight excluding hydrogens is 300 g/mol. The minimum atomic E-state index is -0.345. The number of likely N-dealkylation sites (tertiary alicyclic amines) is 1. The number of nitrogens with two attached hydrogens (primary N) is 1. The van der Waals surface area contributed by atoms with Crippen molar-refractivity contribution in [3.8, 4) is 0 Å². The summed E-state index contributed by atoms with van der Waals surface area (Å²) in [5.74, 6) is -0.587. The van der Waals surface area contributed by atoms with Gasteiger partial charge in [-0.05, 0) is 30.5 Å². The number of hydrogen-bond donors (Lipinski definition) is 2. The van der Waals surface area contributed by atoms with Crippen LogP contribution in [0.15, 0.2) is 18.2 Å². The number of aromatic nitrogens is 1. The number of hydrogen-bond acceptors (Lipinski definition) is 4. The first-order chi connectivity index (χ1) is 10.6. The summed E-state index contributed by atoms with van der Waals surface area (Å²) in [6.45, 7) is 3.03. The Morgan fingerprint density at radius 1 is 1.50 bits per heavy atom. The van der Waals surface area contributed by atoms with E-state index in [0.717, 1.165) is 16.6 Å². The molecule has 1 aliphatic heterocycles. The van der Waals surface area contributed by atoms with E-state index < -0.39 is 0 Å². The van der Waals surface area contributed by atoms with Crippen molar-refractivity contribution in [3.05, 3.63) is 23.8 Å². The number of benzene rings is 1. The molecule has 6 nitrogen and oxygen atoms in total. The molecule has 3 N–H and O–H groups in total. The van der Waals surface area contributed by atoms with Crippen LogP contribution in [0.5, 0.6) is 0 Å². The lowest BCUT2D eigenvalue weighted by Crippen LogP contribution is -2.34. The normalized spacial score (nSPS) is 17.9. The standard InChI is InChI=1S/C15H18N4O2S/c1-2-9-3-4-11-12(7-9)22-14(17-11)18-15(21)19-6-5-10(8-19)13(16)20/h3-4,7,10H,2,5-6,8H2,1H3,(H2,16,20)(H,17,18,21)/t10-/m0/s1. The molecule has 1 saturated heterocycles. The lowest BCUT2D eigenvalue weighted by molar-refractivity contribution is -0.121. The van der Waals surface area contributed by atoms with Crippen LogP contribution in [-0.4, -0.2) is 34.9 Å². The van der Waals surface area contributed by atoms with E-state index in [-0.39, 0.29) is 17.9 Å². The Morgan fingerprint density at radius 2 is 2.32 bits per heavy atom. The number of primary amides is 1. The Bertz CT molecular complexity index is 727. The number of nitrogens with one attached hydrogen (secondary N) is 1. The Labute approximate surface area is 132 Å². The fraction of sp³-hybridized carbons (Fsp3) is 0.400. The molecule has 1 aliphatic rings. The van der Waals surface area contributed by atoms with Gasteiger partial charge in [0.15, 0.2) is 5.13 Å². The average Bonchev–Trinajstić information content (AvgIpc) is 3.12. The number of fused-ring (bicyclic) bond motifs is 1. The molecule has 1 fully saturated rings. The van der Waals surface area contributed by atoms with Gasteiger partial charge in [-0.15, -0.1) is 0 Å². The third-order valence-corrected chi connectivity index (χ3v) is 4.89. The van der Waals surface area contributed by atoms with Gasteiger partial charge in [-0.2, -0.15) is 0 Å². The van der Waals surface area contributed by atoms with Crippen LogP contribution in [0.4, 0.5) is 9.93 Å². The van der Waals surface area contributed by atoms with Crippen LogP contribution in [-0.2, 0) is 11.2 Å². The molecule has 0 spiro atoms. The number of thiazole rings is 1. The largest absolute Gasteiger partial charge is 0.369 e. The number of nitrogens with zero attached hydrogens (tertiary/aromatic N) is 2. The third-order valence-electron chi connectivity index (χ3n) is 3.95. The zero-order valence-corrected chi connectivity index (χ0v) is 13.2. The molecule has 0 bridgehead atoms. The van der Waals surface area contributed by atoms with Crippen molar-refractivity contribution in [2.24, 2.45) is 11.7 Å². The smallest absolute Gasteiger partial charge is 0.323 e. The maximum Gasteiger partial charge on any atom is 0.323 e. The molecule has 0 radical (unpaired) electrons. The lowest BCUT2D eigenvalue weighted by Gasteiger charge is -2.15. The molecule has 2 heterocycles. The monoisotopic (exact) mass is 318 g/mol. The van der Waals surface area contributed by atoms with Crippen molar-refractivity contribution in [3.63, 3.8) is 0 Å². The highest BCUT2D eigenvalue weighted by molar-refractivity contribution is 7.22. The number of carbonyl (C=O) groups is 2. The molecule has 116 valence electrons. The van der Waals surface area contributed by atoms with Crippen LogP contribution < -0.4 is 11.1 Å². The third kappa shape index (κ3) is 2.89. The minimum absolute atomic E-state index is 0.224. The van der Waals surface area contributed by atoms with Gasteiger partial charge in [0.1, 0.15) is 0 Å².